The van der Waals surface area contributed by atoms with Gasteiger partial charge in [-0.2, -0.15) is 9.65 Å². The monoisotopic (exact) mass is 283 g/mol. The molecule has 1 N–H and O–H groups in total. The fourth-order valence-electron chi connectivity index (χ4n) is 1.18. The van der Waals surface area contributed by atoms with Crippen LogP contribution < -0.4 is 4.72 Å². The molecule has 2 heterocycles. The number of halogens is 1. The van der Waals surface area contributed by atoms with Gasteiger partial charge in [0, 0.05) is 0 Å². The summed E-state index contributed by atoms with van der Waals surface area (Å²) in [5.41, 5.74) is 0. The third-order valence-electron chi connectivity index (χ3n) is 1.91. The summed E-state index contributed by atoms with van der Waals surface area (Å²) < 4.78 is 38.7. The maximum Gasteiger partial charge on any atom is 0.272 e. The molecule has 0 saturated heterocycles. The Hall–Kier alpha value is -1.98. The number of rotatable bonds is 3. The van der Waals surface area contributed by atoms with Gasteiger partial charge in [-0.1, -0.05) is 6.07 Å². The van der Waals surface area contributed by atoms with E-state index in [1.54, 1.807) is 0 Å². The second kappa shape index (κ2) is 4.72. The van der Waals surface area contributed by atoms with E-state index in [4.69, 9.17) is 5.26 Å². The van der Waals surface area contributed by atoms with Gasteiger partial charge in [0.2, 0.25) is 5.95 Å². The lowest BCUT2D eigenvalue weighted by Gasteiger charge is -2.04. The minimum atomic E-state index is -3.83. The van der Waals surface area contributed by atoms with Crippen molar-refractivity contribution in [2.45, 2.75) is 4.21 Å². The smallest absolute Gasteiger partial charge is 0.263 e. The van der Waals surface area contributed by atoms with Crippen LogP contribution in [-0.2, 0) is 10.0 Å². The summed E-state index contributed by atoms with van der Waals surface area (Å²) in [5, 5.41) is 8.63. The Balaban J connectivity index is 2.30. The number of hydrogen-bond acceptors (Lipinski definition) is 5. The quantitative estimate of drug-likeness (QED) is 0.873. The number of pyridine rings is 1. The molecule has 2 aromatic rings. The predicted molar refractivity (Wildman–Crippen MR) is 64.0 cm³/mol. The molecule has 18 heavy (non-hydrogen) atoms. The fraction of sp³-hybridized carbons (Fsp3) is 0. The fourth-order valence-corrected chi connectivity index (χ4v) is 3.28. The average Bonchev–Trinajstić information content (AvgIpc) is 2.77. The largest absolute Gasteiger partial charge is 0.272 e. The Kier molecular flexibility index (Phi) is 3.27. The Labute approximate surface area is 107 Å². The van der Waals surface area contributed by atoms with Crippen LogP contribution in [0.2, 0.25) is 0 Å². The van der Waals surface area contributed by atoms with E-state index in [-0.39, 0.29) is 14.9 Å². The minimum absolute atomic E-state index is 0.0230. The molecular formula is C10H6FN3O2S2. The third-order valence-corrected chi connectivity index (χ3v) is 4.75. The number of aromatic nitrogens is 1. The molecular weight excluding hydrogens is 277 g/mol. The van der Waals surface area contributed by atoms with Gasteiger partial charge in [0.15, 0.2) is 0 Å². The first-order valence-electron chi connectivity index (χ1n) is 4.66. The normalized spacial score (nSPS) is 10.9. The van der Waals surface area contributed by atoms with Gasteiger partial charge in [0.05, 0.1) is 0 Å². The van der Waals surface area contributed by atoms with Gasteiger partial charge in [-0.3, -0.25) is 4.72 Å². The lowest BCUT2D eigenvalue weighted by Crippen LogP contribution is -2.12. The molecule has 2 rings (SSSR count). The summed E-state index contributed by atoms with van der Waals surface area (Å²) in [6, 6.07) is 8.34. The van der Waals surface area contributed by atoms with Gasteiger partial charge >= 0.3 is 0 Å². The van der Waals surface area contributed by atoms with Gasteiger partial charge in [0.1, 0.15) is 21.0 Å². The summed E-state index contributed by atoms with van der Waals surface area (Å²) in [6.07, 6.45) is 0. The van der Waals surface area contributed by atoms with Gasteiger partial charge < -0.3 is 0 Å². The van der Waals surface area contributed by atoms with E-state index >= 15 is 0 Å². The van der Waals surface area contributed by atoms with E-state index in [1.165, 1.54) is 24.3 Å². The standard InChI is InChI=1S/C10H6FN3O2S2/c11-8-2-1-3-9(13-8)14-18(15,16)10-5-4-7(6-12)17-10/h1-5H,(H,13,14). The molecule has 0 aliphatic rings. The Bertz CT molecular complexity index is 719. The zero-order chi connectivity index (χ0) is 13.2. The van der Waals surface area contributed by atoms with Crippen LogP contribution in [0.3, 0.4) is 0 Å². The molecule has 0 atom stereocenters. The first-order chi connectivity index (χ1) is 8.51. The Morgan fingerprint density at radius 1 is 1.33 bits per heavy atom. The summed E-state index contributed by atoms with van der Waals surface area (Å²) in [5.74, 6) is -0.888. The number of hydrogen-bond donors (Lipinski definition) is 1. The molecule has 0 aromatic carbocycles. The second-order valence-electron chi connectivity index (χ2n) is 3.18. The molecule has 5 nitrogen and oxygen atoms in total. The molecule has 0 unspecified atom stereocenters. The van der Waals surface area contributed by atoms with Crippen molar-refractivity contribution < 1.29 is 12.8 Å². The van der Waals surface area contributed by atoms with Crippen molar-refractivity contribution in [1.82, 2.24) is 4.98 Å². The number of sulfonamides is 1. The number of nitriles is 1. The van der Waals surface area contributed by atoms with E-state index in [0.29, 0.717) is 0 Å². The molecule has 0 aliphatic carbocycles. The average molecular weight is 283 g/mol. The van der Waals surface area contributed by atoms with E-state index in [9.17, 15) is 12.8 Å². The number of thiophene rings is 1. The van der Waals surface area contributed by atoms with E-state index in [0.717, 1.165) is 17.4 Å². The van der Waals surface area contributed by atoms with Crippen molar-refractivity contribution in [3.05, 3.63) is 41.2 Å². The van der Waals surface area contributed by atoms with E-state index in [1.807, 2.05) is 6.07 Å². The van der Waals surface area contributed by atoms with Crippen LogP contribution in [0, 0.1) is 17.3 Å². The number of anilines is 1. The molecule has 0 bridgehead atoms. The van der Waals surface area contributed by atoms with Crippen molar-refractivity contribution >= 4 is 27.2 Å². The maximum atomic E-state index is 12.8. The highest BCUT2D eigenvalue weighted by molar-refractivity contribution is 7.94. The van der Waals surface area contributed by atoms with Crippen molar-refractivity contribution in [1.29, 1.82) is 5.26 Å². The number of nitrogens with one attached hydrogen (secondary N) is 1. The van der Waals surface area contributed by atoms with E-state index < -0.39 is 16.0 Å². The van der Waals surface area contributed by atoms with Crippen molar-refractivity contribution in [3.63, 3.8) is 0 Å². The van der Waals surface area contributed by atoms with Crippen LogP contribution >= 0.6 is 11.3 Å². The van der Waals surface area contributed by atoms with Crippen molar-refractivity contribution in [3.8, 4) is 6.07 Å². The molecule has 0 fully saturated rings. The summed E-state index contributed by atoms with van der Waals surface area (Å²) >= 11 is 0.830. The van der Waals surface area contributed by atoms with E-state index in [2.05, 4.69) is 9.71 Å². The van der Waals surface area contributed by atoms with Crippen LogP contribution in [0.4, 0.5) is 10.2 Å². The SMILES string of the molecule is N#Cc1ccc(S(=O)(=O)Nc2cccc(F)n2)s1. The molecule has 0 amide bonds. The molecule has 0 radical (unpaired) electrons. The Morgan fingerprint density at radius 2 is 2.11 bits per heavy atom. The van der Waals surface area contributed by atoms with Gasteiger partial charge in [-0.05, 0) is 24.3 Å². The highest BCUT2D eigenvalue weighted by Crippen LogP contribution is 2.22. The minimum Gasteiger partial charge on any atom is -0.263 e. The van der Waals surface area contributed by atoms with Gasteiger partial charge in [-0.15, -0.1) is 11.3 Å². The first-order valence-corrected chi connectivity index (χ1v) is 6.96. The third kappa shape index (κ3) is 2.64. The van der Waals surface area contributed by atoms with Crippen molar-refractivity contribution in [2.24, 2.45) is 0 Å². The van der Waals surface area contributed by atoms with Crippen LogP contribution in [0.1, 0.15) is 4.88 Å². The van der Waals surface area contributed by atoms with Crippen LogP contribution in [0.5, 0.6) is 0 Å². The lowest BCUT2D eigenvalue weighted by molar-refractivity contribution is 0.585. The highest BCUT2D eigenvalue weighted by Gasteiger charge is 2.17. The number of nitrogens with zero attached hydrogens (tertiary/aromatic N) is 2. The molecule has 0 saturated carbocycles. The topological polar surface area (TPSA) is 82.8 Å². The summed E-state index contributed by atoms with van der Waals surface area (Å²) in [6.45, 7) is 0. The molecule has 0 aliphatic heterocycles. The summed E-state index contributed by atoms with van der Waals surface area (Å²) in [4.78, 5) is 3.67. The van der Waals surface area contributed by atoms with Crippen LogP contribution in [0.15, 0.2) is 34.5 Å². The van der Waals surface area contributed by atoms with Crippen LogP contribution in [-0.4, -0.2) is 13.4 Å². The predicted octanol–water partition coefficient (Wildman–Crippen LogP) is 1.95. The van der Waals surface area contributed by atoms with Gasteiger partial charge in [-0.25, -0.2) is 13.4 Å². The lowest BCUT2D eigenvalue weighted by atomic mass is 10.5. The zero-order valence-electron chi connectivity index (χ0n) is 8.79. The Morgan fingerprint density at radius 3 is 2.72 bits per heavy atom. The zero-order valence-corrected chi connectivity index (χ0v) is 10.4. The second-order valence-corrected chi connectivity index (χ2v) is 6.17. The molecule has 0 spiro atoms. The van der Waals surface area contributed by atoms with Crippen molar-refractivity contribution in [2.75, 3.05) is 4.72 Å². The van der Waals surface area contributed by atoms with Gasteiger partial charge in [0.25, 0.3) is 10.0 Å². The van der Waals surface area contributed by atoms with Crippen LogP contribution in [0.25, 0.3) is 0 Å². The summed E-state index contributed by atoms with van der Waals surface area (Å²) in [7, 11) is -3.83. The highest BCUT2D eigenvalue weighted by atomic mass is 32.2. The molecule has 8 heteroatoms. The molecule has 2 aromatic heterocycles. The molecule has 92 valence electrons. The first kappa shape index (κ1) is 12.5. The maximum absolute atomic E-state index is 12.8.